The molecule has 1 fully saturated rings. The fourth-order valence-electron chi connectivity index (χ4n) is 6.78. The zero-order valence-electron chi connectivity index (χ0n) is 27.5. The lowest BCUT2D eigenvalue weighted by Crippen LogP contribution is -2.48. The summed E-state index contributed by atoms with van der Waals surface area (Å²) in [4.78, 5) is 36.7. The number of rotatable bonds is 4. The number of piperidine rings is 1. The molecule has 2 aliphatic rings. The number of nitrogens with zero attached hydrogens (tertiary/aromatic N) is 4. The molecule has 45 heavy (non-hydrogen) atoms. The smallest absolute Gasteiger partial charge is 0.251 e. The Morgan fingerprint density at radius 2 is 1.87 bits per heavy atom. The third kappa shape index (κ3) is 6.17. The number of pyridine rings is 1. The fourth-order valence-corrected chi connectivity index (χ4v) is 6.78. The zero-order chi connectivity index (χ0) is 31.9. The van der Waals surface area contributed by atoms with Crippen LogP contribution in [0.25, 0.3) is 33.6 Å². The highest BCUT2D eigenvalue weighted by Gasteiger charge is 2.29. The molecule has 6 rings (SSSR count). The SMILES string of the molecule is COc1cc(C(=O)N[C@@H]2CC[C@H](C)NC2)cc2nc(-c3cc4ccc5nc4n3CCCCCCC(C)(C)C(=O)N[C@@H]5C)n(C)c12. The summed E-state index contributed by atoms with van der Waals surface area (Å²) in [6.45, 7) is 9.81. The summed E-state index contributed by atoms with van der Waals surface area (Å²) in [5.41, 5.74) is 4.35. The number of carbonyl (C=O) groups excluding carboxylic acids is 2. The van der Waals surface area contributed by atoms with Gasteiger partial charge in [-0.25, -0.2) is 9.97 Å². The van der Waals surface area contributed by atoms with Crippen molar-refractivity contribution in [2.45, 2.75) is 97.3 Å². The molecule has 10 nitrogen and oxygen atoms in total. The minimum atomic E-state index is -0.413. The Hall–Kier alpha value is -3.92. The standard InChI is InChI=1S/C35H47N7O3/c1-21-11-13-25(20-36-21)38-33(43)24-17-27-30(29(19-24)45-6)41(5)32(40-27)28-18-23-12-14-26-22(2)37-34(44)35(3,4)15-9-7-8-10-16-42(28)31(23)39-26/h12,14,17-19,21-22,25,36H,7-11,13,15-16,20H2,1-6H3,(H,37,44)(H,38,43)/t21-,22+,25+/m0/s1. The number of hydrogen-bond acceptors (Lipinski definition) is 6. The zero-order valence-corrected chi connectivity index (χ0v) is 27.5. The van der Waals surface area contributed by atoms with E-state index in [1.165, 1.54) is 0 Å². The quantitative estimate of drug-likeness (QED) is 0.275. The van der Waals surface area contributed by atoms with E-state index in [9.17, 15) is 9.59 Å². The van der Waals surface area contributed by atoms with Crippen LogP contribution in [-0.2, 0) is 18.4 Å². The average Bonchev–Trinajstić information content (AvgIpc) is 3.55. The van der Waals surface area contributed by atoms with E-state index >= 15 is 0 Å². The third-order valence-electron chi connectivity index (χ3n) is 9.75. The molecule has 2 aliphatic heterocycles. The summed E-state index contributed by atoms with van der Waals surface area (Å²) in [5, 5.41) is 10.9. The number of aromatic nitrogens is 4. The van der Waals surface area contributed by atoms with Gasteiger partial charge in [-0.3, -0.25) is 9.59 Å². The van der Waals surface area contributed by atoms with Crippen molar-refractivity contribution >= 4 is 33.9 Å². The Morgan fingerprint density at radius 3 is 2.62 bits per heavy atom. The van der Waals surface area contributed by atoms with Crippen LogP contribution < -0.4 is 20.7 Å². The van der Waals surface area contributed by atoms with Crippen LogP contribution in [0.3, 0.4) is 0 Å². The molecule has 0 aliphatic carbocycles. The van der Waals surface area contributed by atoms with E-state index in [-0.39, 0.29) is 23.9 Å². The molecule has 3 aromatic heterocycles. The van der Waals surface area contributed by atoms with Crippen LogP contribution in [0, 0.1) is 5.41 Å². The minimum Gasteiger partial charge on any atom is -0.494 e. The van der Waals surface area contributed by atoms with Crippen molar-refractivity contribution in [1.82, 2.24) is 35.1 Å². The van der Waals surface area contributed by atoms with Crippen LogP contribution in [0.2, 0.25) is 0 Å². The number of hydrogen-bond donors (Lipinski definition) is 3. The predicted octanol–water partition coefficient (Wildman–Crippen LogP) is 5.64. The minimum absolute atomic E-state index is 0.0664. The van der Waals surface area contributed by atoms with E-state index < -0.39 is 5.41 Å². The van der Waals surface area contributed by atoms with Gasteiger partial charge < -0.3 is 29.8 Å². The summed E-state index contributed by atoms with van der Waals surface area (Å²) < 4.78 is 10.1. The van der Waals surface area contributed by atoms with Gasteiger partial charge in [0.15, 0.2) is 5.82 Å². The van der Waals surface area contributed by atoms with Crippen LogP contribution in [0.1, 0.15) is 94.7 Å². The van der Waals surface area contributed by atoms with Crippen LogP contribution in [0.4, 0.5) is 0 Å². The van der Waals surface area contributed by atoms with Gasteiger partial charge in [0.25, 0.3) is 5.91 Å². The third-order valence-corrected chi connectivity index (χ3v) is 9.75. The second-order valence-corrected chi connectivity index (χ2v) is 13.7. The number of amides is 2. The van der Waals surface area contributed by atoms with E-state index in [2.05, 4.69) is 44.1 Å². The Morgan fingerprint density at radius 1 is 1.07 bits per heavy atom. The Kier molecular flexibility index (Phi) is 8.61. The molecule has 0 radical (unpaired) electrons. The molecule has 3 N–H and O–H groups in total. The first-order chi connectivity index (χ1) is 21.6. The van der Waals surface area contributed by atoms with Crippen molar-refractivity contribution in [2.75, 3.05) is 13.7 Å². The van der Waals surface area contributed by atoms with E-state index in [0.717, 1.165) is 91.8 Å². The van der Waals surface area contributed by atoms with Gasteiger partial charge in [-0.15, -0.1) is 0 Å². The number of aryl methyl sites for hydroxylation is 2. The molecular weight excluding hydrogens is 566 g/mol. The van der Waals surface area contributed by atoms with Crippen molar-refractivity contribution in [3.63, 3.8) is 0 Å². The number of methoxy groups -OCH3 is 1. The highest BCUT2D eigenvalue weighted by Crippen LogP contribution is 2.35. The highest BCUT2D eigenvalue weighted by atomic mass is 16.5. The van der Waals surface area contributed by atoms with Gasteiger partial charge in [-0.05, 0) is 69.9 Å². The monoisotopic (exact) mass is 613 g/mol. The maximum absolute atomic E-state index is 13.3. The number of imidazole rings is 1. The summed E-state index contributed by atoms with van der Waals surface area (Å²) in [5.74, 6) is 1.35. The average molecular weight is 614 g/mol. The molecule has 0 unspecified atom stereocenters. The Bertz CT molecular complexity index is 1730. The molecule has 240 valence electrons. The largest absolute Gasteiger partial charge is 0.494 e. The number of ether oxygens (including phenoxy) is 1. The van der Waals surface area contributed by atoms with Gasteiger partial charge >= 0.3 is 0 Å². The number of nitrogens with one attached hydrogen (secondary N) is 3. The number of fused-ring (bicyclic) bond motifs is 2. The molecular formula is C35H47N7O3. The number of carbonyl (C=O) groups is 2. The summed E-state index contributed by atoms with van der Waals surface area (Å²) in [6, 6.07) is 10.3. The Labute approximate surface area is 265 Å². The van der Waals surface area contributed by atoms with Gasteiger partial charge in [0, 0.05) is 48.6 Å². The molecule has 0 spiro atoms. The summed E-state index contributed by atoms with van der Waals surface area (Å²) in [7, 11) is 3.63. The van der Waals surface area contributed by atoms with Gasteiger partial charge in [-0.1, -0.05) is 33.1 Å². The molecule has 0 saturated carbocycles. The lowest BCUT2D eigenvalue weighted by atomic mass is 9.85. The molecule has 2 bridgehead atoms. The van der Waals surface area contributed by atoms with E-state index in [4.69, 9.17) is 14.7 Å². The van der Waals surface area contributed by atoms with E-state index in [1.54, 1.807) is 7.11 Å². The number of benzene rings is 1. The van der Waals surface area contributed by atoms with Gasteiger partial charge in [0.2, 0.25) is 5.91 Å². The van der Waals surface area contributed by atoms with Crippen LogP contribution >= 0.6 is 0 Å². The van der Waals surface area contributed by atoms with E-state index in [1.807, 2.05) is 46.0 Å². The second kappa shape index (κ2) is 12.5. The van der Waals surface area contributed by atoms with Gasteiger partial charge in [0.05, 0.1) is 30.1 Å². The van der Waals surface area contributed by atoms with E-state index in [0.29, 0.717) is 22.9 Å². The maximum Gasteiger partial charge on any atom is 0.251 e. The fraction of sp³-hybridized carbons (Fsp3) is 0.543. The lowest BCUT2D eigenvalue weighted by molar-refractivity contribution is -0.130. The molecule has 5 heterocycles. The van der Waals surface area contributed by atoms with Crippen LogP contribution in [-0.4, -0.2) is 56.7 Å². The molecule has 10 heteroatoms. The van der Waals surface area contributed by atoms with Crippen molar-refractivity contribution in [2.24, 2.45) is 12.5 Å². The van der Waals surface area contributed by atoms with Crippen molar-refractivity contribution < 1.29 is 14.3 Å². The second-order valence-electron chi connectivity index (χ2n) is 13.7. The summed E-state index contributed by atoms with van der Waals surface area (Å²) >= 11 is 0. The Balaban J connectivity index is 1.39. The molecule has 2 amide bonds. The van der Waals surface area contributed by atoms with Crippen LogP contribution in [0.5, 0.6) is 5.75 Å². The van der Waals surface area contributed by atoms with Gasteiger partial charge in [-0.2, -0.15) is 0 Å². The van der Waals surface area contributed by atoms with Gasteiger partial charge in [0.1, 0.15) is 16.9 Å². The highest BCUT2D eigenvalue weighted by molar-refractivity contribution is 6.00. The predicted molar refractivity (Wildman–Crippen MR) is 177 cm³/mol. The molecule has 3 atom stereocenters. The first kappa shape index (κ1) is 31.1. The van der Waals surface area contributed by atoms with Crippen molar-refractivity contribution in [3.05, 3.63) is 41.6 Å². The van der Waals surface area contributed by atoms with Crippen LogP contribution in [0.15, 0.2) is 30.3 Å². The summed E-state index contributed by atoms with van der Waals surface area (Å²) in [6.07, 6.45) is 7.00. The first-order valence-corrected chi connectivity index (χ1v) is 16.5. The topological polar surface area (TPSA) is 115 Å². The first-order valence-electron chi connectivity index (χ1n) is 16.5. The normalized spacial score (nSPS) is 22.7. The lowest BCUT2D eigenvalue weighted by Gasteiger charge is -2.28. The van der Waals surface area contributed by atoms with Crippen molar-refractivity contribution in [1.29, 1.82) is 0 Å². The maximum atomic E-state index is 13.3. The molecule has 1 saturated heterocycles. The molecule has 1 aromatic carbocycles. The molecule has 4 aromatic rings. The van der Waals surface area contributed by atoms with Crippen molar-refractivity contribution in [3.8, 4) is 17.3 Å².